The molecule has 1 aromatic heterocycles. The summed E-state index contributed by atoms with van der Waals surface area (Å²) in [6, 6.07) is 36.4. The Bertz CT molecular complexity index is 3000. The fourth-order valence-corrected chi connectivity index (χ4v) is 8.30. The highest BCUT2D eigenvalue weighted by atomic mass is 16.7. The molecule has 0 saturated carbocycles. The van der Waals surface area contributed by atoms with Crippen molar-refractivity contribution in [2.24, 2.45) is 5.92 Å². The molecule has 4 amide bonds. The lowest BCUT2D eigenvalue weighted by Gasteiger charge is -2.32. The largest absolute Gasteiger partial charge is 0.496 e. The predicted molar refractivity (Wildman–Crippen MR) is 287 cm³/mol. The molecule has 79 heavy (non-hydrogen) atoms. The van der Waals surface area contributed by atoms with Crippen LogP contribution < -0.4 is 25.4 Å². The van der Waals surface area contributed by atoms with Gasteiger partial charge < -0.3 is 48.9 Å². The average Bonchev–Trinajstić information content (AvgIpc) is 3.98. The maximum atomic E-state index is 14.2. The summed E-state index contributed by atoms with van der Waals surface area (Å²) in [6.45, 7) is 4.19. The minimum Gasteiger partial charge on any atom is -0.496 e. The molecule has 0 radical (unpaired) electrons. The van der Waals surface area contributed by atoms with Gasteiger partial charge in [-0.1, -0.05) is 142 Å². The minimum absolute atomic E-state index is 0.0511. The average molecular weight is 1080 g/mol. The number of rotatable bonds is 30. The van der Waals surface area contributed by atoms with Gasteiger partial charge in [0.15, 0.2) is 12.4 Å². The Morgan fingerprint density at radius 3 is 1.91 bits per heavy atom. The first-order chi connectivity index (χ1) is 38.3. The number of benzene rings is 5. The highest BCUT2D eigenvalue weighted by Gasteiger charge is 2.35. The zero-order valence-electron chi connectivity index (χ0n) is 44.4. The number of aryl methyl sites for hydroxylation is 1. The van der Waals surface area contributed by atoms with E-state index in [0.717, 1.165) is 23.5 Å². The molecule has 0 saturated heterocycles. The molecule has 6 aromatic rings. The van der Waals surface area contributed by atoms with Crippen LogP contribution in [-0.2, 0) is 62.8 Å². The molecular formula is C60H64N4O15. The van der Waals surface area contributed by atoms with Crippen molar-refractivity contribution in [1.82, 2.24) is 21.0 Å². The van der Waals surface area contributed by atoms with Crippen molar-refractivity contribution in [1.29, 1.82) is 0 Å². The summed E-state index contributed by atoms with van der Waals surface area (Å²) in [5.41, 5.74) is 2.93. The predicted octanol–water partition coefficient (Wildman–Crippen LogP) is 8.37. The van der Waals surface area contributed by atoms with Gasteiger partial charge in [-0.05, 0) is 72.4 Å². The maximum absolute atomic E-state index is 14.2. The molecule has 0 unspecified atom stereocenters. The SMILES string of the molecule is CCCCC[C@@H](C(=O)NCNC(=O)c1ccc(-c2ccc(C(=O)N[C@@H](CC(=O)OCc3ccccc3)C(=O)OCc3ccccc3)c(OCC(=O)OCc3ccccc3)c2)o1)[C@@H](CC)N(C=O)OC(=O)c1c(C)cccc1OC. The number of ether oxygens (including phenoxy) is 5. The van der Waals surface area contributed by atoms with Crippen LogP contribution in [0.1, 0.15) is 106 Å². The zero-order chi connectivity index (χ0) is 56.5. The Labute approximate surface area is 457 Å². The van der Waals surface area contributed by atoms with Gasteiger partial charge >= 0.3 is 23.9 Å². The number of carbonyl (C=O) groups excluding carboxylic acids is 8. The standard InChI is InChI=1S/C60H64N4O15/c1-5-7-11-26-45(48(6-2)64(39-65)79-60(72)55-40(3)19-18-27-50(55)73-4)56(68)61-38-62-58(70)51-31-30-49(78-51)44-28-29-46(52(32-44)74-37-54(67)76-35-42-22-14-9-15-23-42)57(69)63-47(59(71)77-36-43-24-16-10-17-25-43)33-53(66)75-34-41-20-12-8-13-21-41/h8-10,12-25,27-32,39,45,47-48H,5-7,11,26,33-38H2,1-4H3,(H,61,68)(H,62,70)(H,63,69)/t45-,47+,48-/m1/s1. The lowest BCUT2D eigenvalue weighted by Crippen LogP contribution is -2.49. The van der Waals surface area contributed by atoms with E-state index < -0.39 is 72.6 Å². The van der Waals surface area contributed by atoms with E-state index in [9.17, 15) is 38.4 Å². The fourth-order valence-electron chi connectivity index (χ4n) is 8.30. The Morgan fingerprint density at radius 2 is 1.30 bits per heavy atom. The number of furan rings is 1. The summed E-state index contributed by atoms with van der Waals surface area (Å²) in [4.78, 5) is 113. The van der Waals surface area contributed by atoms with Gasteiger partial charge in [-0.2, -0.15) is 5.06 Å². The van der Waals surface area contributed by atoms with E-state index in [2.05, 4.69) is 16.0 Å². The molecule has 0 aliphatic rings. The second-order valence-electron chi connectivity index (χ2n) is 18.1. The molecule has 19 heteroatoms. The van der Waals surface area contributed by atoms with Gasteiger partial charge in [-0.3, -0.25) is 24.0 Å². The highest BCUT2D eigenvalue weighted by Crippen LogP contribution is 2.30. The zero-order valence-corrected chi connectivity index (χ0v) is 44.4. The van der Waals surface area contributed by atoms with Crippen LogP contribution in [0.25, 0.3) is 11.3 Å². The van der Waals surface area contributed by atoms with Crippen LogP contribution in [0.5, 0.6) is 11.5 Å². The molecule has 0 aliphatic carbocycles. The summed E-state index contributed by atoms with van der Waals surface area (Å²) < 4.78 is 33.6. The van der Waals surface area contributed by atoms with Gasteiger partial charge in [-0.25, -0.2) is 14.4 Å². The van der Waals surface area contributed by atoms with Gasteiger partial charge in [-0.15, -0.1) is 0 Å². The molecule has 414 valence electrons. The Morgan fingerprint density at radius 1 is 0.671 bits per heavy atom. The number of unbranched alkanes of at least 4 members (excludes halogenated alkanes) is 2. The van der Waals surface area contributed by atoms with E-state index in [1.54, 1.807) is 111 Å². The van der Waals surface area contributed by atoms with Crippen molar-refractivity contribution in [3.8, 4) is 22.8 Å². The van der Waals surface area contributed by atoms with Gasteiger partial charge in [0.1, 0.15) is 48.7 Å². The van der Waals surface area contributed by atoms with Crippen LogP contribution in [-0.4, -0.2) is 85.5 Å². The summed E-state index contributed by atoms with van der Waals surface area (Å²) in [6.07, 6.45) is 2.64. The molecule has 0 spiro atoms. The Balaban J connectivity index is 1.16. The molecule has 0 aliphatic heterocycles. The van der Waals surface area contributed by atoms with E-state index in [1.807, 2.05) is 19.1 Å². The van der Waals surface area contributed by atoms with E-state index >= 15 is 0 Å². The molecule has 3 atom stereocenters. The van der Waals surface area contributed by atoms with Crippen LogP contribution in [0, 0.1) is 12.8 Å². The highest BCUT2D eigenvalue weighted by molar-refractivity contribution is 6.00. The second kappa shape index (κ2) is 30.5. The number of nitrogens with zero attached hydrogens (tertiary/aromatic N) is 1. The second-order valence-corrected chi connectivity index (χ2v) is 18.1. The van der Waals surface area contributed by atoms with E-state index in [0.29, 0.717) is 41.5 Å². The monoisotopic (exact) mass is 1080 g/mol. The number of carbonyl (C=O) groups is 8. The first-order valence-corrected chi connectivity index (χ1v) is 25.7. The fraction of sp³-hybridized carbons (Fsp3) is 0.300. The van der Waals surface area contributed by atoms with Crippen LogP contribution >= 0.6 is 0 Å². The molecule has 3 N–H and O–H groups in total. The number of hydrogen-bond acceptors (Lipinski definition) is 15. The maximum Gasteiger partial charge on any atom is 0.367 e. The van der Waals surface area contributed by atoms with Gasteiger partial charge in [0.25, 0.3) is 11.8 Å². The van der Waals surface area contributed by atoms with Crippen LogP contribution in [0.3, 0.4) is 0 Å². The number of hydroxylamine groups is 2. The van der Waals surface area contributed by atoms with Gasteiger partial charge in [0, 0.05) is 5.56 Å². The van der Waals surface area contributed by atoms with Gasteiger partial charge in [0.05, 0.1) is 37.7 Å². The number of esters is 3. The topological polar surface area (TPSA) is 244 Å². The number of amides is 4. The first kappa shape index (κ1) is 59.0. The summed E-state index contributed by atoms with van der Waals surface area (Å²) in [5, 5.41) is 8.76. The third kappa shape index (κ3) is 17.6. The lowest BCUT2D eigenvalue weighted by atomic mass is 9.90. The number of nitrogens with one attached hydrogen (secondary N) is 3. The molecule has 1 heterocycles. The van der Waals surface area contributed by atoms with Crippen molar-refractivity contribution in [3.05, 3.63) is 179 Å². The van der Waals surface area contributed by atoms with Crippen molar-refractivity contribution >= 4 is 48.0 Å². The third-order valence-corrected chi connectivity index (χ3v) is 12.5. The van der Waals surface area contributed by atoms with E-state index in [-0.39, 0.29) is 67.1 Å². The third-order valence-electron chi connectivity index (χ3n) is 12.5. The number of methoxy groups -OCH3 is 1. The lowest BCUT2D eigenvalue weighted by molar-refractivity contribution is -0.171. The molecule has 0 bridgehead atoms. The van der Waals surface area contributed by atoms with Crippen molar-refractivity contribution in [2.75, 3.05) is 20.4 Å². The van der Waals surface area contributed by atoms with Crippen LogP contribution in [0.15, 0.2) is 144 Å². The van der Waals surface area contributed by atoms with Crippen molar-refractivity contribution in [2.45, 2.75) is 91.2 Å². The van der Waals surface area contributed by atoms with Crippen LogP contribution in [0.4, 0.5) is 0 Å². The Kier molecular flexibility index (Phi) is 22.8. The van der Waals surface area contributed by atoms with Crippen molar-refractivity contribution in [3.63, 3.8) is 0 Å². The quantitative estimate of drug-likeness (QED) is 0.00958. The Hall–Kier alpha value is -9.26. The van der Waals surface area contributed by atoms with E-state index in [1.165, 1.54) is 37.4 Å². The molecule has 0 fully saturated rings. The normalized spacial score (nSPS) is 11.8. The molecule has 19 nitrogen and oxygen atoms in total. The summed E-state index contributed by atoms with van der Waals surface area (Å²) >= 11 is 0. The van der Waals surface area contributed by atoms with Gasteiger partial charge in [0.2, 0.25) is 12.3 Å². The summed E-state index contributed by atoms with van der Waals surface area (Å²) in [5.74, 6) is -6.17. The van der Waals surface area contributed by atoms with Crippen LogP contribution in [0.2, 0.25) is 0 Å². The minimum atomic E-state index is -1.52. The molecular weight excluding hydrogens is 1020 g/mol. The summed E-state index contributed by atoms with van der Waals surface area (Å²) in [7, 11) is 1.41. The molecule has 6 rings (SSSR count). The number of hydrogen-bond donors (Lipinski definition) is 3. The van der Waals surface area contributed by atoms with E-state index in [4.69, 9.17) is 32.9 Å². The molecule has 5 aromatic carbocycles. The van der Waals surface area contributed by atoms with Crippen molar-refractivity contribution < 1.29 is 71.3 Å². The smallest absolute Gasteiger partial charge is 0.367 e. The first-order valence-electron chi connectivity index (χ1n) is 25.7.